The molecule has 0 fully saturated rings. The van der Waals surface area contributed by atoms with Crippen LogP contribution in [-0.2, 0) is 52.7 Å². The molecule has 59 heavy (non-hydrogen) atoms. The molecule has 25 nitrogen and oxygen atoms in total. The summed E-state index contributed by atoms with van der Waals surface area (Å²) >= 11 is 0. The van der Waals surface area contributed by atoms with Gasteiger partial charge in [-0.2, -0.15) is 0 Å². The van der Waals surface area contributed by atoms with Gasteiger partial charge in [-0.05, 0) is 51.5 Å². The number of hydrogen-bond donors (Lipinski definition) is 14. The smallest absolute Gasteiger partial charge is 0.325 e. The predicted molar refractivity (Wildman–Crippen MR) is 201 cm³/mol. The lowest BCUT2D eigenvalue weighted by atomic mass is 10.0. The predicted octanol–water partition coefficient (Wildman–Crippen LogP) is -5.19. The number of carbonyl (C=O) groups excluding carboxylic acids is 7. The van der Waals surface area contributed by atoms with Gasteiger partial charge < -0.3 is 74.2 Å². The summed E-state index contributed by atoms with van der Waals surface area (Å²) in [6, 6.07) is -11.0. The second kappa shape index (κ2) is 27.6. The first-order valence-electron chi connectivity index (χ1n) is 18.6. The van der Waals surface area contributed by atoms with Crippen LogP contribution in [0, 0.1) is 5.92 Å². The minimum absolute atomic E-state index is 0.00497. The van der Waals surface area contributed by atoms with Crippen LogP contribution in [0.1, 0.15) is 78.6 Å². The van der Waals surface area contributed by atoms with Gasteiger partial charge in [0.25, 0.3) is 0 Å². The van der Waals surface area contributed by atoms with Gasteiger partial charge in [0.2, 0.25) is 41.4 Å². The Labute approximate surface area is 338 Å². The lowest BCUT2D eigenvalue weighted by molar-refractivity contribution is -0.142. The van der Waals surface area contributed by atoms with Crippen molar-refractivity contribution in [1.29, 1.82) is 0 Å². The summed E-state index contributed by atoms with van der Waals surface area (Å²) in [4.78, 5) is 136. The van der Waals surface area contributed by atoms with Gasteiger partial charge >= 0.3 is 23.9 Å². The fourth-order valence-corrected chi connectivity index (χ4v) is 5.00. The molecule has 0 heterocycles. The van der Waals surface area contributed by atoms with Crippen LogP contribution in [0.5, 0.6) is 0 Å². The quantitative estimate of drug-likeness (QED) is 0.0300. The zero-order valence-electron chi connectivity index (χ0n) is 33.0. The molecule has 0 aromatic heterocycles. The fourth-order valence-electron chi connectivity index (χ4n) is 5.00. The second-order valence-electron chi connectivity index (χ2n) is 13.8. The number of nitrogens with one attached hydrogen (secondary N) is 7. The van der Waals surface area contributed by atoms with Crippen LogP contribution >= 0.6 is 0 Å². The Morgan fingerprint density at radius 1 is 0.542 bits per heavy atom. The summed E-state index contributed by atoms with van der Waals surface area (Å²) in [5.41, 5.74) is 11.2. The molecule has 0 rings (SSSR count). The van der Waals surface area contributed by atoms with Crippen molar-refractivity contribution >= 4 is 65.2 Å². The molecule has 0 saturated carbocycles. The van der Waals surface area contributed by atoms with Gasteiger partial charge in [0.05, 0.1) is 25.6 Å². The number of hydrogen-bond acceptors (Lipinski definition) is 14. The molecule has 16 N–H and O–H groups in total. The van der Waals surface area contributed by atoms with Crippen LogP contribution in [0.4, 0.5) is 0 Å². The van der Waals surface area contributed by atoms with E-state index in [1.165, 1.54) is 6.92 Å². The molecule has 0 aliphatic rings. The zero-order valence-corrected chi connectivity index (χ0v) is 33.0. The van der Waals surface area contributed by atoms with Gasteiger partial charge in [0.15, 0.2) is 0 Å². The Kier molecular flexibility index (Phi) is 24.9. The number of rotatable bonds is 30. The first-order chi connectivity index (χ1) is 27.5. The Morgan fingerprint density at radius 2 is 1.00 bits per heavy atom. The van der Waals surface area contributed by atoms with E-state index in [-0.39, 0.29) is 18.8 Å². The third-order valence-electron chi connectivity index (χ3n) is 8.20. The molecule has 0 aromatic rings. The lowest BCUT2D eigenvalue weighted by Gasteiger charge is -2.27. The van der Waals surface area contributed by atoms with E-state index >= 15 is 0 Å². The zero-order chi connectivity index (χ0) is 45.4. The van der Waals surface area contributed by atoms with Crippen LogP contribution in [0.3, 0.4) is 0 Å². The van der Waals surface area contributed by atoms with Crippen LogP contribution in [0.2, 0.25) is 0 Å². The van der Waals surface area contributed by atoms with Crippen LogP contribution < -0.4 is 48.7 Å². The van der Waals surface area contributed by atoms with Crippen molar-refractivity contribution in [2.75, 3.05) is 19.7 Å². The standard InChI is InChI=1S/C34H57N9O16/c1-16(2)12-21(31(55)38-17(3)34(58)59)42-33(57)23(15-44)43-30(54)20(8-10-26(48)49)40-29(53)19(7-9-25(46)47)41-32(56)22(13-27(50)51)39-24(45)14-37-28(52)18(36)6-4-5-11-35/h16-23,44H,4-15,35-36H2,1-3H3,(H,37,52)(H,38,55)(H,39,45)(H,40,53)(H,41,56)(H,42,57)(H,43,54)(H,46,47)(H,48,49)(H,50,51)(H,58,59). The van der Waals surface area contributed by atoms with Crippen molar-refractivity contribution in [1.82, 2.24) is 37.2 Å². The van der Waals surface area contributed by atoms with Crippen molar-refractivity contribution in [2.24, 2.45) is 17.4 Å². The molecule has 7 atom stereocenters. The van der Waals surface area contributed by atoms with Crippen molar-refractivity contribution in [3.63, 3.8) is 0 Å². The highest BCUT2D eigenvalue weighted by Gasteiger charge is 2.34. The highest BCUT2D eigenvalue weighted by molar-refractivity contribution is 5.98. The number of amides is 7. The van der Waals surface area contributed by atoms with Gasteiger partial charge in [0.1, 0.15) is 36.3 Å². The SMILES string of the molecule is CC(C)CC(NC(=O)C(CO)NC(=O)C(CCC(=O)O)NC(=O)C(CCC(=O)O)NC(=O)C(CC(=O)O)NC(=O)CNC(=O)C(N)CCCCN)C(=O)NC(C)C(=O)O. The lowest BCUT2D eigenvalue weighted by Crippen LogP contribution is -2.60. The molecule has 0 aromatic carbocycles. The van der Waals surface area contributed by atoms with E-state index in [1.807, 2.05) is 0 Å². The molecule has 0 radical (unpaired) electrons. The van der Waals surface area contributed by atoms with E-state index < -0.39 is 153 Å². The van der Waals surface area contributed by atoms with Crippen molar-refractivity contribution in [2.45, 2.75) is 121 Å². The molecule has 0 aliphatic heterocycles. The summed E-state index contributed by atoms with van der Waals surface area (Å²) in [7, 11) is 0. The van der Waals surface area contributed by atoms with E-state index in [9.17, 15) is 73.2 Å². The maximum Gasteiger partial charge on any atom is 0.325 e. The van der Waals surface area contributed by atoms with Gasteiger partial charge in [-0.15, -0.1) is 0 Å². The second-order valence-corrected chi connectivity index (χ2v) is 13.8. The molecule has 7 unspecified atom stereocenters. The van der Waals surface area contributed by atoms with Crippen molar-refractivity contribution < 1.29 is 78.3 Å². The average Bonchev–Trinajstić information content (AvgIpc) is 3.14. The largest absolute Gasteiger partial charge is 0.481 e. The Morgan fingerprint density at radius 3 is 1.44 bits per heavy atom. The van der Waals surface area contributed by atoms with E-state index in [4.69, 9.17) is 16.6 Å². The van der Waals surface area contributed by atoms with E-state index in [0.717, 1.165) is 0 Å². The molecule has 0 spiro atoms. The molecule has 334 valence electrons. The minimum atomic E-state index is -1.89. The summed E-state index contributed by atoms with van der Waals surface area (Å²) < 4.78 is 0. The maximum absolute atomic E-state index is 13.5. The van der Waals surface area contributed by atoms with Crippen LogP contribution in [0.15, 0.2) is 0 Å². The molecular weight excluding hydrogens is 790 g/mol. The number of carbonyl (C=O) groups is 11. The molecule has 0 bridgehead atoms. The Balaban J connectivity index is 6.15. The number of carboxylic acids is 4. The first-order valence-corrected chi connectivity index (χ1v) is 18.6. The van der Waals surface area contributed by atoms with Crippen LogP contribution in [0.25, 0.3) is 0 Å². The molecular formula is C34H57N9O16. The highest BCUT2D eigenvalue weighted by Crippen LogP contribution is 2.08. The number of unbranched alkanes of at least 4 members (excludes halogenated alkanes) is 1. The topological polar surface area (TPSA) is 425 Å². The van der Waals surface area contributed by atoms with Gasteiger partial charge in [0, 0.05) is 12.8 Å². The Hall–Kier alpha value is -5.95. The van der Waals surface area contributed by atoms with Gasteiger partial charge in [-0.3, -0.25) is 52.7 Å². The van der Waals surface area contributed by atoms with Gasteiger partial charge in [-0.25, -0.2) is 0 Å². The first kappa shape index (κ1) is 53.0. The number of carboxylic acid groups (broad SMARTS) is 4. The number of aliphatic hydroxyl groups excluding tert-OH is 1. The average molecular weight is 848 g/mol. The normalized spacial score (nSPS) is 14.4. The monoisotopic (exact) mass is 847 g/mol. The Bertz CT molecular complexity index is 1510. The minimum Gasteiger partial charge on any atom is -0.481 e. The number of nitrogens with two attached hydrogens (primary N) is 2. The fraction of sp³-hybridized carbons (Fsp3) is 0.676. The maximum atomic E-state index is 13.5. The summed E-state index contributed by atoms with van der Waals surface area (Å²) in [6.45, 7) is 3.10. The van der Waals surface area contributed by atoms with Crippen LogP contribution in [-0.4, -0.2) is 153 Å². The van der Waals surface area contributed by atoms with E-state index in [0.29, 0.717) is 19.4 Å². The summed E-state index contributed by atoms with van der Waals surface area (Å²) in [5.74, 6) is -13.7. The third kappa shape index (κ3) is 22.5. The summed E-state index contributed by atoms with van der Waals surface area (Å²) in [5, 5.41) is 62.2. The molecule has 0 aliphatic carbocycles. The third-order valence-corrected chi connectivity index (χ3v) is 8.20. The van der Waals surface area contributed by atoms with Gasteiger partial charge in [-0.1, -0.05) is 20.3 Å². The van der Waals surface area contributed by atoms with Crippen molar-refractivity contribution in [3.05, 3.63) is 0 Å². The van der Waals surface area contributed by atoms with E-state index in [2.05, 4.69) is 37.2 Å². The number of aliphatic hydroxyl groups is 1. The van der Waals surface area contributed by atoms with E-state index in [1.54, 1.807) is 13.8 Å². The molecule has 7 amide bonds. The molecule has 0 saturated heterocycles. The van der Waals surface area contributed by atoms with Crippen molar-refractivity contribution in [3.8, 4) is 0 Å². The molecule has 25 heteroatoms. The highest BCUT2D eigenvalue weighted by atomic mass is 16.4. The summed E-state index contributed by atoms with van der Waals surface area (Å²) in [6.07, 6.45) is -2.55. The number of aliphatic carboxylic acids is 4.